The van der Waals surface area contributed by atoms with E-state index in [9.17, 15) is 9.59 Å². The molecular weight excluding hydrogens is 416 g/mol. The van der Waals surface area contributed by atoms with Gasteiger partial charge in [0, 0.05) is 0 Å². The van der Waals surface area contributed by atoms with Crippen LogP contribution in [-0.4, -0.2) is 32.3 Å². The summed E-state index contributed by atoms with van der Waals surface area (Å²) in [5, 5.41) is 0. The highest BCUT2D eigenvalue weighted by atomic mass is 16.6. The molecule has 2 fully saturated rings. The first-order valence-electron chi connectivity index (χ1n) is 12.2. The van der Waals surface area contributed by atoms with Crippen LogP contribution in [0, 0.1) is 16.7 Å². The van der Waals surface area contributed by atoms with Gasteiger partial charge >= 0.3 is 11.9 Å². The van der Waals surface area contributed by atoms with Crippen molar-refractivity contribution in [3.05, 3.63) is 48.1 Å². The summed E-state index contributed by atoms with van der Waals surface area (Å²) in [6.07, 6.45) is 11.5. The molecule has 1 atom stereocenters. The number of carbonyl (C=O) groups excluding carboxylic acids is 2. The zero-order valence-corrected chi connectivity index (χ0v) is 20.4. The van der Waals surface area contributed by atoms with Gasteiger partial charge in [-0.05, 0) is 75.0 Å². The van der Waals surface area contributed by atoms with Gasteiger partial charge in [0.15, 0.2) is 5.41 Å². The summed E-state index contributed by atoms with van der Waals surface area (Å²) in [5.74, 6) is 0.275. The molecule has 2 aliphatic carbocycles. The molecule has 5 nitrogen and oxygen atoms in total. The zero-order chi connectivity index (χ0) is 23.9. The first-order valence-corrected chi connectivity index (χ1v) is 12.2. The molecule has 2 aliphatic rings. The van der Waals surface area contributed by atoms with Crippen molar-refractivity contribution in [2.24, 2.45) is 16.7 Å². The molecule has 0 spiro atoms. The van der Waals surface area contributed by atoms with E-state index in [-0.39, 0.29) is 18.6 Å². The van der Waals surface area contributed by atoms with E-state index in [1.165, 1.54) is 19.3 Å². The van der Waals surface area contributed by atoms with E-state index in [1.54, 1.807) is 21.0 Å². The average molecular weight is 455 g/mol. The monoisotopic (exact) mass is 454 g/mol. The number of carbonyl (C=O) groups is 2. The van der Waals surface area contributed by atoms with E-state index < -0.39 is 17.4 Å². The molecular formula is C28H38O5. The summed E-state index contributed by atoms with van der Waals surface area (Å²) in [6, 6.07) is 7.93. The third-order valence-electron chi connectivity index (χ3n) is 7.46. The van der Waals surface area contributed by atoms with Crippen molar-refractivity contribution in [2.75, 3.05) is 20.3 Å². The maximum atomic E-state index is 13.2. The first kappa shape index (κ1) is 25.1. The van der Waals surface area contributed by atoms with Crippen LogP contribution in [0.1, 0.15) is 70.8 Å². The van der Waals surface area contributed by atoms with Gasteiger partial charge in [-0.1, -0.05) is 55.7 Å². The molecule has 2 saturated carbocycles. The minimum absolute atomic E-state index is 0.236. The Hall–Kier alpha value is -2.56. The molecule has 0 unspecified atom stereocenters. The fourth-order valence-electron chi connectivity index (χ4n) is 5.77. The predicted octanol–water partition coefficient (Wildman–Crippen LogP) is 6.13. The van der Waals surface area contributed by atoms with Crippen molar-refractivity contribution in [3.8, 4) is 5.75 Å². The molecule has 0 aliphatic heterocycles. The second-order valence-electron chi connectivity index (χ2n) is 9.35. The Morgan fingerprint density at radius 1 is 1.03 bits per heavy atom. The molecule has 0 radical (unpaired) electrons. The normalized spacial score (nSPS) is 22.9. The Kier molecular flexibility index (Phi) is 8.39. The van der Waals surface area contributed by atoms with Crippen LogP contribution in [0.15, 0.2) is 42.5 Å². The first-order chi connectivity index (χ1) is 15.9. The van der Waals surface area contributed by atoms with Gasteiger partial charge in [-0.2, -0.15) is 0 Å². The Labute approximate surface area is 198 Å². The molecule has 0 heterocycles. The van der Waals surface area contributed by atoms with Gasteiger partial charge in [-0.25, -0.2) is 0 Å². The van der Waals surface area contributed by atoms with Crippen molar-refractivity contribution >= 4 is 18.0 Å². The highest BCUT2D eigenvalue weighted by Gasteiger charge is 2.62. The second-order valence-corrected chi connectivity index (χ2v) is 9.35. The standard InChI is InChI=1S/C28H38O5/c1-5-32-25(29)28(26(30)33-6-2)19-21(3)27(20-28,23-12-8-7-9-13-23)18-10-11-22-14-16-24(31-4)17-15-22/h10-11,14-17,23H,3,5-9,12-13,18-20H2,1-2,4H3/b11-10+/t27-/m1/s1. The van der Waals surface area contributed by atoms with E-state index in [0.29, 0.717) is 18.8 Å². The number of rotatable bonds is 9. The fraction of sp³-hybridized carbons (Fsp3) is 0.571. The number of allylic oxidation sites excluding steroid dienone is 2. The van der Waals surface area contributed by atoms with Gasteiger partial charge in [0.25, 0.3) is 0 Å². The summed E-state index contributed by atoms with van der Waals surface area (Å²) in [7, 11) is 1.66. The Bertz CT molecular complexity index is 845. The van der Waals surface area contributed by atoms with Crippen LogP contribution >= 0.6 is 0 Å². The lowest BCUT2D eigenvalue weighted by Crippen LogP contribution is -2.42. The third kappa shape index (κ3) is 5.18. The van der Waals surface area contributed by atoms with Gasteiger partial charge in [0.05, 0.1) is 20.3 Å². The van der Waals surface area contributed by atoms with Crippen LogP contribution in [0.25, 0.3) is 6.08 Å². The lowest BCUT2D eigenvalue weighted by atomic mass is 9.63. The SMILES string of the molecule is C=C1CC(C(=O)OCC)(C(=O)OCC)C[C@@]1(C/C=C/c1ccc(OC)cc1)C1CCCCC1. The molecule has 1 aromatic carbocycles. The molecule has 180 valence electrons. The van der Waals surface area contributed by atoms with Gasteiger partial charge in [-0.15, -0.1) is 0 Å². The van der Waals surface area contributed by atoms with Crippen molar-refractivity contribution < 1.29 is 23.8 Å². The molecule has 33 heavy (non-hydrogen) atoms. The van der Waals surface area contributed by atoms with Crippen LogP contribution in [0.3, 0.4) is 0 Å². The number of ether oxygens (including phenoxy) is 3. The van der Waals surface area contributed by atoms with Crippen LogP contribution < -0.4 is 4.74 Å². The smallest absolute Gasteiger partial charge is 0.323 e. The van der Waals surface area contributed by atoms with Crippen LogP contribution in [0.4, 0.5) is 0 Å². The van der Waals surface area contributed by atoms with Crippen molar-refractivity contribution in [1.29, 1.82) is 0 Å². The maximum Gasteiger partial charge on any atom is 0.323 e. The number of methoxy groups -OCH3 is 1. The van der Waals surface area contributed by atoms with Gasteiger partial charge < -0.3 is 14.2 Å². The Morgan fingerprint density at radius 2 is 1.64 bits per heavy atom. The summed E-state index contributed by atoms with van der Waals surface area (Å²) < 4.78 is 16.1. The highest BCUT2D eigenvalue weighted by Crippen LogP contribution is 2.61. The highest BCUT2D eigenvalue weighted by molar-refractivity contribution is 6.01. The van der Waals surface area contributed by atoms with E-state index in [4.69, 9.17) is 14.2 Å². The number of hydrogen-bond acceptors (Lipinski definition) is 5. The molecule has 0 amide bonds. The second kappa shape index (κ2) is 11.0. The Morgan fingerprint density at radius 3 is 2.18 bits per heavy atom. The lowest BCUT2D eigenvalue weighted by Gasteiger charge is -2.41. The zero-order valence-electron chi connectivity index (χ0n) is 20.4. The molecule has 5 heteroatoms. The molecule has 0 saturated heterocycles. The molecule has 0 N–H and O–H groups in total. The molecule has 3 rings (SSSR count). The Balaban J connectivity index is 1.94. The lowest BCUT2D eigenvalue weighted by molar-refractivity contribution is -0.172. The average Bonchev–Trinajstić information content (AvgIpc) is 3.15. The van der Waals surface area contributed by atoms with E-state index in [0.717, 1.165) is 36.1 Å². The summed E-state index contributed by atoms with van der Waals surface area (Å²) in [5.41, 5.74) is 0.451. The van der Waals surface area contributed by atoms with E-state index in [2.05, 4.69) is 18.7 Å². The van der Waals surface area contributed by atoms with Crippen LogP contribution in [0.2, 0.25) is 0 Å². The van der Waals surface area contributed by atoms with Crippen LogP contribution in [-0.2, 0) is 19.1 Å². The molecule has 1 aromatic rings. The summed E-state index contributed by atoms with van der Waals surface area (Å²) >= 11 is 0. The minimum Gasteiger partial charge on any atom is -0.497 e. The number of benzene rings is 1. The largest absolute Gasteiger partial charge is 0.497 e. The van der Waals surface area contributed by atoms with Crippen molar-refractivity contribution in [1.82, 2.24) is 0 Å². The minimum atomic E-state index is -1.30. The fourth-order valence-corrected chi connectivity index (χ4v) is 5.77. The quantitative estimate of drug-likeness (QED) is 0.255. The molecule has 0 aromatic heterocycles. The van der Waals surface area contributed by atoms with Crippen molar-refractivity contribution in [2.45, 2.75) is 65.2 Å². The summed E-state index contributed by atoms with van der Waals surface area (Å²) in [4.78, 5) is 26.3. The van der Waals surface area contributed by atoms with E-state index >= 15 is 0 Å². The number of hydrogen-bond donors (Lipinski definition) is 0. The van der Waals surface area contributed by atoms with E-state index in [1.807, 2.05) is 24.3 Å². The number of esters is 2. The third-order valence-corrected chi connectivity index (χ3v) is 7.46. The maximum absolute atomic E-state index is 13.2. The van der Waals surface area contributed by atoms with Gasteiger partial charge in [-0.3, -0.25) is 9.59 Å². The predicted molar refractivity (Wildman–Crippen MR) is 130 cm³/mol. The topological polar surface area (TPSA) is 61.8 Å². The van der Waals surface area contributed by atoms with Gasteiger partial charge in [0.1, 0.15) is 5.75 Å². The molecule has 0 bridgehead atoms. The van der Waals surface area contributed by atoms with Crippen molar-refractivity contribution in [3.63, 3.8) is 0 Å². The summed E-state index contributed by atoms with van der Waals surface area (Å²) in [6.45, 7) is 8.46. The van der Waals surface area contributed by atoms with Crippen LogP contribution in [0.5, 0.6) is 5.75 Å². The van der Waals surface area contributed by atoms with Gasteiger partial charge in [0.2, 0.25) is 0 Å².